The number of amides is 1. The summed E-state index contributed by atoms with van der Waals surface area (Å²) in [6.45, 7) is -0.0382. The van der Waals surface area contributed by atoms with E-state index in [1.807, 2.05) is 24.3 Å². The van der Waals surface area contributed by atoms with Gasteiger partial charge >= 0.3 is 12.1 Å². The summed E-state index contributed by atoms with van der Waals surface area (Å²) in [4.78, 5) is 26.2. The lowest BCUT2D eigenvalue weighted by molar-refractivity contribution is -0.148. The Bertz CT molecular complexity index is 950. The van der Waals surface area contributed by atoms with Crippen LogP contribution in [0.3, 0.4) is 0 Å². The molecule has 0 N–H and O–H groups in total. The van der Waals surface area contributed by atoms with Gasteiger partial charge in [-0.15, -0.1) is 0 Å². The third-order valence-corrected chi connectivity index (χ3v) is 4.78. The molecule has 0 bridgehead atoms. The van der Waals surface area contributed by atoms with Gasteiger partial charge in [-0.2, -0.15) is 13.2 Å². The number of benzene rings is 2. The summed E-state index contributed by atoms with van der Waals surface area (Å²) in [6.07, 6.45) is -0.449. The smallest absolute Gasteiger partial charge is 0.416 e. The second kappa shape index (κ2) is 9.68. The summed E-state index contributed by atoms with van der Waals surface area (Å²) in [5, 5.41) is 0. The predicted molar refractivity (Wildman–Crippen MR) is 108 cm³/mol. The number of esters is 1. The molecule has 5 nitrogen and oxygen atoms in total. The van der Waals surface area contributed by atoms with E-state index in [-0.39, 0.29) is 17.5 Å². The molecule has 3 rings (SSSR count). The maximum absolute atomic E-state index is 12.8. The summed E-state index contributed by atoms with van der Waals surface area (Å²) in [7, 11) is 1.57. The van der Waals surface area contributed by atoms with Gasteiger partial charge in [0.15, 0.2) is 6.61 Å². The van der Waals surface area contributed by atoms with E-state index in [2.05, 4.69) is 0 Å². The van der Waals surface area contributed by atoms with Crippen molar-refractivity contribution in [2.75, 3.05) is 13.7 Å². The number of hydrogen-bond acceptors (Lipinski definition) is 4. The monoisotopic (exact) mass is 433 g/mol. The van der Waals surface area contributed by atoms with Crippen molar-refractivity contribution in [2.24, 2.45) is 0 Å². The van der Waals surface area contributed by atoms with E-state index in [9.17, 15) is 22.8 Å². The number of nitrogens with zero attached hydrogens (tertiary/aromatic N) is 1. The van der Waals surface area contributed by atoms with Crippen molar-refractivity contribution in [3.05, 3.63) is 71.3 Å². The number of alkyl halides is 3. The largest absolute Gasteiger partial charge is 0.497 e. The first kappa shape index (κ1) is 22.4. The van der Waals surface area contributed by atoms with Crippen LogP contribution >= 0.6 is 0 Å². The van der Waals surface area contributed by atoms with Crippen LogP contribution in [-0.4, -0.2) is 36.5 Å². The Morgan fingerprint density at radius 2 is 1.84 bits per heavy atom. The van der Waals surface area contributed by atoms with Gasteiger partial charge < -0.3 is 14.4 Å². The molecule has 1 fully saturated rings. The van der Waals surface area contributed by atoms with Crippen LogP contribution in [0.15, 0.2) is 54.6 Å². The van der Waals surface area contributed by atoms with Gasteiger partial charge in [0, 0.05) is 18.7 Å². The van der Waals surface area contributed by atoms with E-state index < -0.39 is 24.3 Å². The van der Waals surface area contributed by atoms with Gasteiger partial charge in [-0.3, -0.25) is 4.79 Å². The molecule has 0 radical (unpaired) electrons. The second-order valence-electron chi connectivity index (χ2n) is 7.17. The molecule has 8 heteroatoms. The van der Waals surface area contributed by atoms with Gasteiger partial charge in [-0.05, 0) is 54.3 Å². The third-order valence-electron chi connectivity index (χ3n) is 4.78. The minimum absolute atomic E-state index is 0.119. The highest BCUT2D eigenvalue weighted by Crippen LogP contribution is 2.30. The zero-order chi connectivity index (χ0) is 22.4. The first-order valence-electron chi connectivity index (χ1n) is 9.71. The Morgan fingerprint density at radius 3 is 2.45 bits per heavy atom. The van der Waals surface area contributed by atoms with Crippen molar-refractivity contribution >= 4 is 18.0 Å². The van der Waals surface area contributed by atoms with Crippen molar-refractivity contribution in [2.45, 2.75) is 31.6 Å². The van der Waals surface area contributed by atoms with Gasteiger partial charge in [-0.25, -0.2) is 4.79 Å². The normalized spacial score (nSPS) is 13.8. The number of halogens is 3. The van der Waals surface area contributed by atoms with Crippen LogP contribution in [0.4, 0.5) is 13.2 Å². The summed E-state index contributed by atoms with van der Waals surface area (Å²) < 4.78 is 48.4. The van der Waals surface area contributed by atoms with Gasteiger partial charge in [0.25, 0.3) is 5.91 Å². The molecule has 1 amide bonds. The fraction of sp³-hybridized carbons (Fsp3) is 0.304. The molecule has 0 aliphatic heterocycles. The maximum atomic E-state index is 12.8. The van der Waals surface area contributed by atoms with Crippen molar-refractivity contribution < 1.29 is 32.2 Å². The standard InChI is InChI=1S/C23H22F3NO4/c1-30-20-10-5-17(6-11-20)14-27(19-8-9-19)21(28)15-31-22(29)12-7-16-3-2-4-18(13-16)23(24,25)26/h2-7,10-13,19H,8-9,14-15H2,1H3/b12-7+. The van der Waals surface area contributed by atoms with E-state index in [0.29, 0.717) is 6.54 Å². The Hall–Kier alpha value is -3.29. The van der Waals surface area contributed by atoms with Crippen molar-refractivity contribution in [1.29, 1.82) is 0 Å². The van der Waals surface area contributed by atoms with Crippen LogP contribution in [-0.2, 0) is 27.0 Å². The van der Waals surface area contributed by atoms with Gasteiger partial charge in [0.1, 0.15) is 5.75 Å². The topological polar surface area (TPSA) is 55.8 Å². The zero-order valence-corrected chi connectivity index (χ0v) is 16.9. The average Bonchev–Trinajstić information content (AvgIpc) is 3.59. The minimum Gasteiger partial charge on any atom is -0.497 e. The van der Waals surface area contributed by atoms with Gasteiger partial charge in [0.2, 0.25) is 0 Å². The number of ether oxygens (including phenoxy) is 2. The van der Waals surface area contributed by atoms with E-state index >= 15 is 0 Å². The molecule has 2 aromatic rings. The number of carbonyl (C=O) groups excluding carboxylic acids is 2. The lowest BCUT2D eigenvalue weighted by atomic mass is 10.1. The highest BCUT2D eigenvalue weighted by Gasteiger charge is 2.33. The zero-order valence-electron chi connectivity index (χ0n) is 16.9. The summed E-state index contributed by atoms with van der Waals surface area (Å²) in [5.41, 5.74) is 0.325. The second-order valence-corrected chi connectivity index (χ2v) is 7.17. The average molecular weight is 433 g/mol. The molecule has 164 valence electrons. The van der Waals surface area contributed by atoms with E-state index in [1.165, 1.54) is 18.2 Å². The molecule has 0 aromatic heterocycles. The highest BCUT2D eigenvalue weighted by atomic mass is 19.4. The lowest BCUT2D eigenvalue weighted by Crippen LogP contribution is -2.35. The fourth-order valence-corrected chi connectivity index (χ4v) is 2.98. The SMILES string of the molecule is COc1ccc(CN(C(=O)COC(=O)/C=C/c2cccc(C(F)(F)F)c2)C2CC2)cc1. The van der Waals surface area contributed by atoms with Crippen LogP contribution in [0.25, 0.3) is 6.08 Å². The van der Waals surface area contributed by atoms with E-state index in [0.717, 1.165) is 42.4 Å². The molecule has 0 atom stereocenters. The van der Waals surface area contributed by atoms with Gasteiger partial charge in [0.05, 0.1) is 12.7 Å². The molecule has 0 spiro atoms. The number of carbonyl (C=O) groups is 2. The molecule has 1 aliphatic rings. The van der Waals surface area contributed by atoms with Crippen LogP contribution in [0, 0.1) is 0 Å². The van der Waals surface area contributed by atoms with Crippen molar-refractivity contribution in [3.8, 4) is 5.75 Å². The van der Waals surface area contributed by atoms with Gasteiger partial charge in [-0.1, -0.05) is 24.3 Å². The Labute approximate surface area is 178 Å². The van der Waals surface area contributed by atoms with Crippen LogP contribution in [0.1, 0.15) is 29.5 Å². The first-order chi connectivity index (χ1) is 14.8. The molecule has 2 aromatic carbocycles. The number of rotatable bonds is 8. The Kier molecular flexibility index (Phi) is 6.99. The molecule has 1 saturated carbocycles. The summed E-state index contributed by atoms with van der Waals surface area (Å²) in [6, 6.07) is 12.0. The maximum Gasteiger partial charge on any atom is 0.416 e. The quantitative estimate of drug-likeness (QED) is 0.456. The molecular formula is C23H22F3NO4. The van der Waals surface area contributed by atoms with Crippen LogP contribution < -0.4 is 4.74 Å². The minimum atomic E-state index is -4.47. The summed E-state index contributed by atoms with van der Waals surface area (Å²) >= 11 is 0. The molecule has 1 aliphatic carbocycles. The summed E-state index contributed by atoms with van der Waals surface area (Å²) in [5.74, 6) is -0.403. The molecular weight excluding hydrogens is 411 g/mol. The highest BCUT2D eigenvalue weighted by molar-refractivity contribution is 5.89. The molecule has 0 unspecified atom stereocenters. The van der Waals surface area contributed by atoms with Crippen LogP contribution in [0.2, 0.25) is 0 Å². The molecule has 31 heavy (non-hydrogen) atoms. The van der Waals surface area contributed by atoms with E-state index in [1.54, 1.807) is 12.0 Å². The predicted octanol–water partition coefficient (Wildman–Crippen LogP) is 4.46. The number of methoxy groups -OCH3 is 1. The Balaban J connectivity index is 1.54. The third kappa shape index (κ3) is 6.60. The van der Waals surface area contributed by atoms with Crippen molar-refractivity contribution in [3.63, 3.8) is 0 Å². The van der Waals surface area contributed by atoms with Crippen molar-refractivity contribution in [1.82, 2.24) is 4.90 Å². The van der Waals surface area contributed by atoms with E-state index in [4.69, 9.17) is 9.47 Å². The molecule has 0 saturated heterocycles. The molecule has 0 heterocycles. The Morgan fingerprint density at radius 1 is 1.13 bits per heavy atom. The first-order valence-corrected chi connectivity index (χ1v) is 9.71. The fourth-order valence-electron chi connectivity index (χ4n) is 2.98. The van der Waals surface area contributed by atoms with Crippen LogP contribution in [0.5, 0.6) is 5.75 Å². The number of hydrogen-bond donors (Lipinski definition) is 0. The lowest BCUT2D eigenvalue weighted by Gasteiger charge is -2.22.